The Morgan fingerprint density at radius 2 is 0.657 bits per heavy atom. The van der Waals surface area contributed by atoms with Crippen LogP contribution in [-0.2, 0) is 14.3 Å². The zero-order valence-electron chi connectivity index (χ0n) is 47.5. The number of rotatable bonds is 60. The summed E-state index contributed by atoms with van der Waals surface area (Å²) in [5.74, 6) is -0.0462. The topological polar surface area (TPSA) is 95.9 Å². The van der Waals surface area contributed by atoms with Crippen LogP contribution in [0.25, 0.3) is 0 Å². The van der Waals surface area contributed by atoms with Crippen LogP contribution in [-0.4, -0.2) is 47.4 Å². The molecule has 0 aromatic rings. The summed E-state index contributed by atoms with van der Waals surface area (Å²) in [5.41, 5.74) is 0. The summed E-state index contributed by atoms with van der Waals surface area (Å²) < 4.78 is 5.51. The first-order valence-corrected chi connectivity index (χ1v) is 32.0. The highest BCUT2D eigenvalue weighted by atomic mass is 16.5. The number of ether oxygens (including phenoxy) is 1. The van der Waals surface area contributed by atoms with Gasteiger partial charge < -0.3 is 20.3 Å². The molecule has 0 fully saturated rings. The smallest absolute Gasteiger partial charge is 0.305 e. The molecule has 0 aromatic heterocycles. The number of carbonyl (C=O) groups excluding carboxylic acids is 2. The molecule has 0 heterocycles. The van der Waals surface area contributed by atoms with Crippen LogP contribution in [0.1, 0.15) is 361 Å². The Morgan fingerprint density at radius 3 is 0.971 bits per heavy atom. The Bertz CT molecular complexity index is 1050. The van der Waals surface area contributed by atoms with Gasteiger partial charge in [0.2, 0.25) is 5.91 Å². The van der Waals surface area contributed by atoms with Gasteiger partial charge >= 0.3 is 5.97 Å². The zero-order valence-corrected chi connectivity index (χ0v) is 47.5. The fraction of sp³-hybridized carbons (Fsp3) is 0.938. The van der Waals surface area contributed by atoms with Gasteiger partial charge in [0.15, 0.2) is 0 Å². The maximum Gasteiger partial charge on any atom is 0.305 e. The SMILES string of the molecule is CCCCCCCCC/C=C/C(O)C(CO)NC(=O)CCCCCCCCCCCCCCCCCCCCCCCCCCCOC(=O)CCCCCCCCCCCCCCCCCCCCC. The number of unbranched alkanes of at least 4 members (excludes halogenated alkanes) is 49. The lowest BCUT2D eigenvalue weighted by Crippen LogP contribution is -2.45. The summed E-state index contributed by atoms with van der Waals surface area (Å²) in [7, 11) is 0. The molecule has 416 valence electrons. The van der Waals surface area contributed by atoms with Gasteiger partial charge in [0.1, 0.15) is 0 Å². The third-order valence-corrected chi connectivity index (χ3v) is 15.1. The number of carbonyl (C=O) groups is 2. The van der Waals surface area contributed by atoms with Crippen molar-refractivity contribution in [2.45, 2.75) is 373 Å². The zero-order chi connectivity index (χ0) is 50.7. The molecule has 2 unspecified atom stereocenters. The molecule has 0 aromatic carbocycles. The number of hydrogen-bond acceptors (Lipinski definition) is 5. The highest BCUT2D eigenvalue weighted by Crippen LogP contribution is 2.18. The van der Waals surface area contributed by atoms with Gasteiger partial charge in [-0.25, -0.2) is 0 Å². The molecular weight excluding hydrogens is 863 g/mol. The summed E-state index contributed by atoms with van der Waals surface area (Å²) in [4.78, 5) is 24.5. The molecule has 0 aliphatic heterocycles. The fourth-order valence-corrected chi connectivity index (χ4v) is 10.2. The fourth-order valence-electron chi connectivity index (χ4n) is 10.2. The van der Waals surface area contributed by atoms with E-state index in [4.69, 9.17) is 4.74 Å². The predicted octanol–water partition coefficient (Wildman–Crippen LogP) is 20.0. The number of hydrogen-bond donors (Lipinski definition) is 3. The van der Waals surface area contributed by atoms with Crippen LogP contribution in [0.3, 0.4) is 0 Å². The maximum atomic E-state index is 12.4. The molecule has 70 heavy (non-hydrogen) atoms. The van der Waals surface area contributed by atoms with E-state index in [9.17, 15) is 19.8 Å². The van der Waals surface area contributed by atoms with Gasteiger partial charge in [-0.1, -0.05) is 328 Å². The molecular formula is C64H125NO5. The Balaban J connectivity index is 3.31. The van der Waals surface area contributed by atoms with Gasteiger partial charge in [-0.05, 0) is 32.1 Å². The lowest BCUT2D eigenvalue weighted by Gasteiger charge is -2.20. The number of nitrogens with one attached hydrogen (secondary N) is 1. The largest absolute Gasteiger partial charge is 0.466 e. The lowest BCUT2D eigenvalue weighted by atomic mass is 10.0. The van der Waals surface area contributed by atoms with Gasteiger partial charge in [0.05, 0.1) is 25.4 Å². The quantitative estimate of drug-likeness (QED) is 0.0321. The number of esters is 1. The Morgan fingerprint density at radius 1 is 0.386 bits per heavy atom. The molecule has 0 aliphatic rings. The summed E-state index contributed by atoms with van der Waals surface area (Å²) in [6.07, 6.45) is 72.8. The van der Waals surface area contributed by atoms with E-state index >= 15 is 0 Å². The highest BCUT2D eigenvalue weighted by molar-refractivity contribution is 5.76. The average Bonchev–Trinajstić information content (AvgIpc) is 3.36. The van der Waals surface area contributed by atoms with Crippen molar-refractivity contribution >= 4 is 11.9 Å². The second kappa shape index (κ2) is 60.2. The molecule has 3 N–H and O–H groups in total. The van der Waals surface area contributed by atoms with Crippen LogP contribution in [0.2, 0.25) is 0 Å². The molecule has 6 nitrogen and oxygen atoms in total. The monoisotopic (exact) mass is 988 g/mol. The van der Waals surface area contributed by atoms with E-state index in [0.29, 0.717) is 19.4 Å². The van der Waals surface area contributed by atoms with Gasteiger partial charge in [0.25, 0.3) is 0 Å². The first kappa shape index (κ1) is 68.6. The van der Waals surface area contributed by atoms with Crippen molar-refractivity contribution in [3.63, 3.8) is 0 Å². The van der Waals surface area contributed by atoms with Crippen molar-refractivity contribution in [2.24, 2.45) is 0 Å². The van der Waals surface area contributed by atoms with Crippen LogP contribution >= 0.6 is 0 Å². The molecule has 0 spiro atoms. The van der Waals surface area contributed by atoms with Gasteiger partial charge in [-0.15, -0.1) is 0 Å². The Labute approximate surface area is 438 Å². The van der Waals surface area contributed by atoms with Crippen molar-refractivity contribution in [1.82, 2.24) is 5.32 Å². The Kier molecular flexibility index (Phi) is 59.0. The van der Waals surface area contributed by atoms with Crippen LogP contribution in [0.5, 0.6) is 0 Å². The predicted molar refractivity (Wildman–Crippen MR) is 306 cm³/mol. The lowest BCUT2D eigenvalue weighted by molar-refractivity contribution is -0.143. The van der Waals surface area contributed by atoms with Crippen LogP contribution in [0.15, 0.2) is 12.2 Å². The second-order valence-corrected chi connectivity index (χ2v) is 22.1. The molecule has 2 atom stereocenters. The van der Waals surface area contributed by atoms with E-state index in [0.717, 1.165) is 38.5 Å². The minimum atomic E-state index is -0.840. The van der Waals surface area contributed by atoms with Crippen LogP contribution in [0.4, 0.5) is 0 Å². The van der Waals surface area contributed by atoms with Crippen molar-refractivity contribution in [1.29, 1.82) is 0 Å². The highest BCUT2D eigenvalue weighted by Gasteiger charge is 2.18. The van der Waals surface area contributed by atoms with E-state index < -0.39 is 12.1 Å². The second-order valence-electron chi connectivity index (χ2n) is 22.1. The summed E-state index contributed by atoms with van der Waals surface area (Å²) >= 11 is 0. The third-order valence-electron chi connectivity index (χ3n) is 15.1. The van der Waals surface area contributed by atoms with Crippen molar-refractivity contribution < 1.29 is 24.5 Å². The molecule has 0 rings (SSSR count). The van der Waals surface area contributed by atoms with Crippen molar-refractivity contribution in [3.8, 4) is 0 Å². The van der Waals surface area contributed by atoms with Crippen LogP contribution < -0.4 is 5.32 Å². The van der Waals surface area contributed by atoms with E-state index in [1.54, 1.807) is 6.08 Å². The van der Waals surface area contributed by atoms with E-state index in [-0.39, 0.29) is 18.5 Å². The van der Waals surface area contributed by atoms with Crippen molar-refractivity contribution in [3.05, 3.63) is 12.2 Å². The van der Waals surface area contributed by atoms with E-state index in [1.165, 1.54) is 295 Å². The minimum Gasteiger partial charge on any atom is -0.466 e. The van der Waals surface area contributed by atoms with E-state index in [2.05, 4.69) is 19.2 Å². The van der Waals surface area contributed by atoms with E-state index in [1.807, 2.05) is 6.08 Å². The first-order valence-electron chi connectivity index (χ1n) is 32.0. The summed E-state index contributed by atoms with van der Waals surface area (Å²) in [6.45, 7) is 4.91. The van der Waals surface area contributed by atoms with Crippen LogP contribution in [0, 0.1) is 0 Å². The van der Waals surface area contributed by atoms with Gasteiger partial charge in [-0.3, -0.25) is 9.59 Å². The maximum absolute atomic E-state index is 12.4. The number of amides is 1. The summed E-state index contributed by atoms with van der Waals surface area (Å²) in [6, 6.07) is -0.623. The third kappa shape index (κ3) is 55.9. The molecule has 6 heteroatoms. The normalized spacial score (nSPS) is 12.6. The Hall–Kier alpha value is -1.40. The first-order chi connectivity index (χ1) is 34.5. The minimum absolute atomic E-state index is 0.0212. The number of aliphatic hydroxyl groups is 2. The summed E-state index contributed by atoms with van der Waals surface area (Å²) in [5, 5.41) is 23.0. The molecule has 0 bridgehead atoms. The molecule has 0 saturated heterocycles. The molecule has 1 amide bonds. The molecule has 0 aliphatic carbocycles. The number of aliphatic hydroxyl groups excluding tert-OH is 2. The van der Waals surface area contributed by atoms with Crippen molar-refractivity contribution in [2.75, 3.05) is 13.2 Å². The van der Waals surface area contributed by atoms with Gasteiger partial charge in [-0.2, -0.15) is 0 Å². The molecule has 0 saturated carbocycles. The number of allylic oxidation sites excluding steroid dienone is 1. The molecule has 0 radical (unpaired) electrons. The van der Waals surface area contributed by atoms with Gasteiger partial charge in [0, 0.05) is 12.8 Å². The standard InChI is InChI=1S/C64H125NO5/c1-3-5-7-9-11-13-14-15-16-17-25-29-32-35-38-42-46-50-54-58-64(69)70-59-55-51-47-43-39-36-33-30-27-24-22-20-18-19-21-23-26-28-31-34-37-41-45-49-53-57-63(68)65-61(60-66)62(67)56-52-48-44-40-12-10-8-6-4-2/h52,56,61-62,66-67H,3-51,53-55,57-60H2,1-2H3,(H,65,68)/b56-52+. The average molecular weight is 989 g/mol.